The number of hydrogen-bond acceptors (Lipinski definition) is 2. The maximum Gasteiger partial charge on any atom is 0.201 e. The molecule has 0 aliphatic carbocycles. The number of benzene rings is 2. The summed E-state index contributed by atoms with van der Waals surface area (Å²) in [5.74, 6) is 0.106. The van der Waals surface area contributed by atoms with Gasteiger partial charge < -0.3 is 10.3 Å². The molecule has 0 bridgehead atoms. The summed E-state index contributed by atoms with van der Waals surface area (Å²) < 4.78 is 15.1. The van der Waals surface area contributed by atoms with Gasteiger partial charge in [-0.05, 0) is 24.6 Å². The number of imidazole rings is 1. The zero-order chi connectivity index (χ0) is 13.4. The molecule has 2 N–H and O–H groups in total. The van der Waals surface area contributed by atoms with Crippen molar-refractivity contribution in [1.82, 2.24) is 9.55 Å². The second kappa shape index (κ2) is 4.39. The van der Waals surface area contributed by atoms with Crippen molar-refractivity contribution in [2.24, 2.45) is 0 Å². The molecule has 3 nitrogen and oxygen atoms in total. The first-order valence-electron chi connectivity index (χ1n) is 6.10. The topological polar surface area (TPSA) is 43.8 Å². The highest BCUT2D eigenvalue weighted by atomic mass is 19.1. The summed E-state index contributed by atoms with van der Waals surface area (Å²) in [7, 11) is 0. The number of nitrogens with two attached hydrogens (primary N) is 1. The summed E-state index contributed by atoms with van der Waals surface area (Å²) in [4.78, 5) is 4.19. The molecule has 0 unspecified atom stereocenters. The van der Waals surface area contributed by atoms with Crippen LogP contribution in [-0.2, 0) is 6.54 Å². The molecule has 0 saturated carbocycles. The van der Waals surface area contributed by atoms with Gasteiger partial charge >= 0.3 is 0 Å². The Hall–Kier alpha value is -2.36. The first kappa shape index (κ1) is 11.7. The van der Waals surface area contributed by atoms with Gasteiger partial charge in [0, 0.05) is 6.07 Å². The minimum Gasteiger partial charge on any atom is -0.369 e. The molecule has 0 radical (unpaired) electrons. The maximum atomic E-state index is 13.2. The largest absolute Gasteiger partial charge is 0.369 e. The molecule has 96 valence electrons. The molecular formula is C15H14FN3. The Labute approximate surface area is 110 Å². The third kappa shape index (κ3) is 2.17. The van der Waals surface area contributed by atoms with Crippen molar-refractivity contribution in [2.45, 2.75) is 13.5 Å². The minimum atomic E-state index is -0.298. The van der Waals surface area contributed by atoms with E-state index in [4.69, 9.17) is 5.73 Å². The molecule has 2 aromatic carbocycles. The van der Waals surface area contributed by atoms with Crippen LogP contribution in [0.3, 0.4) is 0 Å². The van der Waals surface area contributed by atoms with Gasteiger partial charge in [0.1, 0.15) is 5.82 Å². The Bertz CT molecular complexity index is 746. The standard InChI is InChI=1S/C15H14FN3/c1-10-3-2-4-11(7-10)9-19-14-6-5-12(16)8-13(14)18-15(19)17/h2-8H,9H2,1H3,(H2,17,18). The molecule has 4 heteroatoms. The van der Waals surface area contributed by atoms with Gasteiger partial charge in [-0.2, -0.15) is 0 Å². The number of rotatable bonds is 2. The van der Waals surface area contributed by atoms with E-state index < -0.39 is 0 Å². The average Bonchev–Trinajstić information content (AvgIpc) is 2.65. The van der Waals surface area contributed by atoms with E-state index in [1.807, 2.05) is 29.7 Å². The van der Waals surface area contributed by atoms with Crippen LogP contribution in [0, 0.1) is 12.7 Å². The smallest absolute Gasteiger partial charge is 0.201 e. The van der Waals surface area contributed by atoms with Crippen molar-refractivity contribution in [3.05, 3.63) is 59.4 Å². The van der Waals surface area contributed by atoms with Gasteiger partial charge in [0.25, 0.3) is 0 Å². The highest BCUT2D eigenvalue weighted by Crippen LogP contribution is 2.20. The third-order valence-electron chi connectivity index (χ3n) is 3.16. The first-order valence-corrected chi connectivity index (χ1v) is 6.10. The number of hydrogen-bond donors (Lipinski definition) is 1. The van der Waals surface area contributed by atoms with Crippen LogP contribution < -0.4 is 5.73 Å². The zero-order valence-electron chi connectivity index (χ0n) is 10.6. The van der Waals surface area contributed by atoms with Crippen molar-refractivity contribution in [3.63, 3.8) is 0 Å². The van der Waals surface area contributed by atoms with Crippen LogP contribution >= 0.6 is 0 Å². The van der Waals surface area contributed by atoms with Crippen LogP contribution in [0.4, 0.5) is 10.3 Å². The van der Waals surface area contributed by atoms with Gasteiger partial charge in [-0.25, -0.2) is 9.37 Å². The monoisotopic (exact) mass is 255 g/mol. The van der Waals surface area contributed by atoms with Crippen LogP contribution in [0.15, 0.2) is 42.5 Å². The lowest BCUT2D eigenvalue weighted by molar-refractivity contribution is 0.629. The summed E-state index contributed by atoms with van der Waals surface area (Å²) in [6.45, 7) is 2.68. The molecule has 3 rings (SSSR count). The Morgan fingerprint density at radius 3 is 2.84 bits per heavy atom. The fourth-order valence-electron chi connectivity index (χ4n) is 2.28. The fraction of sp³-hybridized carbons (Fsp3) is 0.133. The summed E-state index contributed by atoms with van der Waals surface area (Å²) in [6.07, 6.45) is 0. The second-order valence-electron chi connectivity index (χ2n) is 4.68. The number of nitrogens with zero attached hydrogens (tertiary/aromatic N) is 2. The Morgan fingerprint density at radius 1 is 1.21 bits per heavy atom. The molecule has 1 aromatic heterocycles. The second-order valence-corrected chi connectivity index (χ2v) is 4.68. The van der Waals surface area contributed by atoms with Crippen molar-refractivity contribution in [1.29, 1.82) is 0 Å². The van der Waals surface area contributed by atoms with Crippen molar-refractivity contribution >= 4 is 17.0 Å². The first-order chi connectivity index (χ1) is 9.13. The molecule has 0 saturated heterocycles. The van der Waals surface area contributed by atoms with Gasteiger partial charge in [0.05, 0.1) is 17.6 Å². The summed E-state index contributed by atoms with van der Waals surface area (Å²) in [6, 6.07) is 12.8. The van der Waals surface area contributed by atoms with Gasteiger partial charge in [-0.3, -0.25) is 0 Å². The van der Waals surface area contributed by atoms with E-state index >= 15 is 0 Å². The van der Waals surface area contributed by atoms with Gasteiger partial charge in [0.2, 0.25) is 5.95 Å². The predicted octanol–water partition coefficient (Wildman–Crippen LogP) is 3.11. The van der Waals surface area contributed by atoms with E-state index in [1.165, 1.54) is 17.7 Å². The molecule has 0 spiro atoms. The quantitative estimate of drug-likeness (QED) is 0.764. The minimum absolute atomic E-state index is 0.298. The maximum absolute atomic E-state index is 13.2. The lowest BCUT2D eigenvalue weighted by atomic mass is 10.1. The van der Waals surface area contributed by atoms with Crippen LogP contribution in [-0.4, -0.2) is 9.55 Å². The third-order valence-corrected chi connectivity index (χ3v) is 3.16. The van der Waals surface area contributed by atoms with Crippen molar-refractivity contribution in [3.8, 4) is 0 Å². The van der Waals surface area contributed by atoms with E-state index in [2.05, 4.69) is 11.1 Å². The van der Waals surface area contributed by atoms with E-state index in [9.17, 15) is 4.39 Å². The van der Waals surface area contributed by atoms with Crippen LogP contribution in [0.5, 0.6) is 0 Å². The molecule has 1 heterocycles. The molecule has 19 heavy (non-hydrogen) atoms. The van der Waals surface area contributed by atoms with E-state index in [0.717, 1.165) is 11.1 Å². The van der Waals surface area contributed by atoms with Crippen molar-refractivity contribution in [2.75, 3.05) is 5.73 Å². The summed E-state index contributed by atoms with van der Waals surface area (Å²) in [5.41, 5.74) is 9.70. The average molecular weight is 255 g/mol. The Balaban J connectivity index is 2.07. The van der Waals surface area contributed by atoms with Crippen LogP contribution in [0.1, 0.15) is 11.1 Å². The zero-order valence-corrected chi connectivity index (χ0v) is 10.6. The highest BCUT2D eigenvalue weighted by Gasteiger charge is 2.09. The fourth-order valence-corrected chi connectivity index (χ4v) is 2.28. The molecule has 0 amide bonds. The van der Waals surface area contributed by atoms with E-state index in [1.54, 1.807) is 6.07 Å². The summed E-state index contributed by atoms with van der Waals surface area (Å²) >= 11 is 0. The molecule has 3 aromatic rings. The lowest BCUT2D eigenvalue weighted by Crippen LogP contribution is -2.04. The van der Waals surface area contributed by atoms with Gasteiger partial charge in [-0.1, -0.05) is 29.8 Å². The number of aromatic nitrogens is 2. The molecular weight excluding hydrogens is 241 g/mol. The molecule has 0 atom stereocenters. The molecule has 0 aliphatic rings. The summed E-state index contributed by atoms with van der Waals surface area (Å²) in [5, 5.41) is 0. The lowest BCUT2D eigenvalue weighted by Gasteiger charge is -2.07. The predicted molar refractivity (Wildman–Crippen MR) is 74.4 cm³/mol. The number of anilines is 1. The van der Waals surface area contributed by atoms with Crippen LogP contribution in [0.25, 0.3) is 11.0 Å². The van der Waals surface area contributed by atoms with Gasteiger partial charge in [-0.15, -0.1) is 0 Å². The number of fused-ring (bicyclic) bond motifs is 1. The number of nitrogen functional groups attached to an aromatic ring is 1. The Kier molecular flexibility index (Phi) is 2.71. The Morgan fingerprint density at radius 2 is 2.05 bits per heavy atom. The molecule has 0 fully saturated rings. The van der Waals surface area contributed by atoms with Crippen LogP contribution in [0.2, 0.25) is 0 Å². The number of aryl methyl sites for hydroxylation is 1. The SMILES string of the molecule is Cc1cccc(Cn2c(N)nc3cc(F)ccc32)c1. The normalized spacial score (nSPS) is 11.1. The van der Waals surface area contributed by atoms with Crippen molar-refractivity contribution < 1.29 is 4.39 Å². The highest BCUT2D eigenvalue weighted by molar-refractivity contribution is 5.78. The van der Waals surface area contributed by atoms with E-state index in [-0.39, 0.29) is 5.82 Å². The van der Waals surface area contributed by atoms with Gasteiger partial charge in [0.15, 0.2) is 0 Å². The number of halogens is 1. The molecule has 0 aliphatic heterocycles. The van der Waals surface area contributed by atoms with E-state index in [0.29, 0.717) is 18.0 Å².